The van der Waals surface area contributed by atoms with E-state index in [4.69, 9.17) is 5.11 Å². The van der Waals surface area contributed by atoms with Gasteiger partial charge in [0.05, 0.1) is 37.7 Å². The normalized spacial score (nSPS) is 14.3. The lowest BCUT2D eigenvalue weighted by molar-refractivity contribution is -0.134. The molecule has 120 valence electrons. The van der Waals surface area contributed by atoms with Crippen LogP contribution in [0, 0.1) is 0 Å². The Morgan fingerprint density at radius 3 is 2.95 bits per heavy atom. The van der Waals surface area contributed by atoms with Crippen molar-refractivity contribution in [1.82, 2.24) is 15.1 Å². The second-order valence-electron chi connectivity index (χ2n) is 5.13. The fraction of sp³-hybridized carbons (Fsp3) is 0.533. The fourth-order valence-corrected chi connectivity index (χ4v) is 2.24. The number of carbonyl (C=O) groups is 2. The Hall–Kier alpha value is -2.15. The van der Waals surface area contributed by atoms with Gasteiger partial charge >= 0.3 is 5.97 Å². The van der Waals surface area contributed by atoms with E-state index in [9.17, 15) is 9.59 Å². The zero-order valence-electron chi connectivity index (χ0n) is 12.6. The first kappa shape index (κ1) is 16.2. The number of nitrogens with one attached hydrogen (secondary N) is 1. The van der Waals surface area contributed by atoms with Crippen molar-refractivity contribution >= 4 is 11.9 Å². The SMILES string of the molecule is COC(=O)/C=C/CCNC(=O)c1cnn(CCO)c1C1CC1. The number of aliphatic hydroxyl groups is 1. The molecule has 0 radical (unpaired) electrons. The molecule has 22 heavy (non-hydrogen) atoms. The average Bonchev–Trinajstić information content (AvgIpc) is 3.27. The first-order chi connectivity index (χ1) is 10.7. The molecule has 2 rings (SSSR count). The van der Waals surface area contributed by atoms with E-state index >= 15 is 0 Å². The zero-order valence-corrected chi connectivity index (χ0v) is 12.6. The first-order valence-corrected chi connectivity index (χ1v) is 7.36. The van der Waals surface area contributed by atoms with Crippen molar-refractivity contribution in [3.05, 3.63) is 29.6 Å². The third kappa shape index (κ3) is 4.17. The smallest absolute Gasteiger partial charge is 0.330 e. The topological polar surface area (TPSA) is 93.5 Å². The van der Waals surface area contributed by atoms with Gasteiger partial charge < -0.3 is 15.2 Å². The Morgan fingerprint density at radius 2 is 2.32 bits per heavy atom. The van der Waals surface area contributed by atoms with Gasteiger partial charge in [-0.15, -0.1) is 0 Å². The molecule has 0 bridgehead atoms. The molecule has 1 heterocycles. The number of aromatic nitrogens is 2. The number of nitrogens with zero attached hydrogens (tertiary/aromatic N) is 2. The van der Waals surface area contributed by atoms with Crippen molar-refractivity contribution in [3.8, 4) is 0 Å². The minimum absolute atomic E-state index is 0.000776. The lowest BCUT2D eigenvalue weighted by Gasteiger charge is -2.07. The van der Waals surface area contributed by atoms with E-state index in [1.54, 1.807) is 17.0 Å². The van der Waals surface area contributed by atoms with Crippen molar-refractivity contribution in [2.45, 2.75) is 31.7 Å². The Kier molecular flexibility index (Phi) is 5.71. The number of methoxy groups -OCH3 is 1. The Morgan fingerprint density at radius 1 is 1.55 bits per heavy atom. The van der Waals surface area contributed by atoms with Crippen molar-refractivity contribution in [1.29, 1.82) is 0 Å². The minimum atomic E-state index is -0.410. The molecule has 0 aromatic carbocycles. The van der Waals surface area contributed by atoms with Crippen molar-refractivity contribution in [2.24, 2.45) is 0 Å². The summed E-state index contributed by atoms with van der Waals surface area (Å²) in [6.07, 6.45) is 7.20. The number of carbonyl (C=O) groups excluding carboxylic acids is 2. The van der Waals surface area contributed by atoms with Crippen molar-refractivity contribution < 1.29 is 19.4 Å². The molecule has 1 aromatic heterocycles. The number of hydrogen-bond acceptors (Lipinski definition) is 5. The third-order valence-electron chi connectivity index (χ3n) is 3.45. The highest BCUT2D eigenvalue weighted by Gasteiger charge is 2.32. The lowest BCUT2D eigenvalue weighted by atomic mass is 10.1. The summed E-state index contributed by atoms with van der Waals surface area (Å²) in [5.41, 5.74) is 1.49. The van der Waals surface area contributed by atoms with E-state index in [2.05, 4.69) is 15.2 Å². The maximum atomic E-state index is 12.2. The molecule has 0 aliphatic heterocycles. The average molecular weight is 307 g/mol. The predicted molar refractivity (Wildman–Crippen MR) is 79.4 cm³/mol. The number of rotatable bonds is 8. The monoisotopic (exact) mass is 307 g/mol. The van der Waals surface area contributed by atoms with Gasteiger partial charge in [-0.1, -0.05) is 6.08 Å². The molecule has 2 N–H and O–H groups in total. The summed E-state index contributed by atoms with van der Waals surface area (Å²) < 4.78 is 6.19. The van der Waals surface area contributed by atoms with Gasteiger partial charge in [-0.2, -0.15) is 5.10 Å². The molecular weight excluding hydrogens is 286 g/mol. The molecule has 0 unspecified atom stereocenters. The van der Waals surface area contributed by atoms with Gasteiger partial charge in [-0.3, -0.25) is 9.48 Å². The number of ether oxygens (including phenoxy) is 1. The summed E-state index contributed by atoms with van der Waals surface area (Å²) in [6, 6.07) is 0. The summed E-state index contributed by atoms with van der Waals surface area (Å²) in [5, 5.41) is 16.1. The predicted octanol–water partition coefficient (Wildman–Crippen LogP) is 0.602. The summed E-state index contributed by atoms with van der Waals surface area (Å²) in [6.45, 7) is 0.837. The molecule has 1 aliphatic carbocycles. The lowest BCUT2D eigenvalue weighted by Crippen LogP contribution is -2.25. The Bertz CT molecular complexity index is 561. The van der Waals surface area contributed by atoms with E-state index in [0.29, 0.717) is 31.0 Å². The molecule has 0 spiro atoms. The first-order valence-electron chi connectivity index (χ1n) is 7.36. The highest BCUT2D eigenvalue weighted by molar-refractivity contribution is 5.95. The van der Waals surface area contributed by atoms with E-state index in [1.807, 2.05) is 0 Å². The molecule has 7 nitrogen and oxygen atoms in total. The molecule has 7 heteroatoms. The molecule has 0 saturated heterocycles. The fourth-order valence-electron chi connectivity index (χ4n) is 2.24. The summed E-state index contributed by atoms with van der Waals surface area (Å²) >= 11 is 0. The van der Waals surface area contributed by atoms with Crippen LogP contribution < -0.4 is 5.32 Å². The Labute approximate surface area is 129 Å². The minimum Gasteiger partial charge on any atom is -0.466 e. The van der Waals surface area contributed by atoms with E-state index in [-0.39, 0.29) is 12.5 Å². The van der Waals surface area contributed by atoms with Crippen LogP contribution in [0.4, 0.5) is 0 Å². The highest BCUT2D eigenvalue weighted by Crippen LogP contribution is 2.41. The summed E-state index contributed by atoms with van der Waals surface area (Å²) in [7, 11) is 1.32. The standard InChI is InChI=1S/C15H21N3O4/c1-22-13(20)4-2-3-7-16-15(21)12-10-17-18(8-9-19)14(12)11-5-6-11/h2,4,10-11,19H,3,5-9H2,1H3,(H,16,21)/b4-2+. The molecule has 0 atom stereocenters. The van der Waals surface area contributed by atoms with E-state index < -0.39 is 5.97 Å². The third-order valence-corrected chi connectivity index (χ3v) is 3.45. The van der Waals surface area contributed by atoms with Crippen LogP contribution in [0.25, 0.3) is 0 Å². The quantitative estimate of drug-likeness (QED) is 0.417. The maximum absolute atomic E-state index is 12.2. The van der Waals surface area contributed by atoms with E-state index in [0.717, 1.165) is 18.5 Å². The molecule has 1 saturated carbocycles. The molecule has 1 amide bonds. The summed E-state index contributed by atoms with van der Waals surface area (Å²) in [5.74, 6) is -0.209. The van der Waals surface area contributed by atoms with Crippen LogP contribution in [-0.2, 0) is 16.1 Å². The second kappa shape index (κ2) is 7.74. The van der Waals surface area contributed by atoms with Gasteiger partial charge in [-0.05, 0) is 19.3 Å². The van der Waals surface area contributed by atoms with Crippen LogP contribution in [0.5, 0.6) is 0 Å². The van der Waals surface area contributed by atoms with Crippen LogP contribution in [0.3, 0.4) is 0 Å². The van der Waals surface area contributed by atoms with Gasteiger partial charge in [-0.25, -0.2) is 4.79 Å². The largest absolute Gasteiger partial charge is 0.466 e. The van der Waals surface area contributed by atoms with Gasteiger partial charge in [0.15, 0.2) is 0 Å². The van der Waals surface area contributed by atoms with Crippen LogP contribution in [-0.4, -0.2) is 47.0 Å². The van der Waals surface area contributed by atoms with Crippen LogP contribution >= 0.6 is 0 Å². The van der Waals surface area contributed by atoms with E-state index in [1.165, 1.54) is 13.2 Å². The van der Waals surface area contributed by atoms with Crippen molar-refractivity contribution in [2.75, 3.05) is 20.3 Å². The molecule has 1 fully saturated rings. The van der Waals surface area contributed by atoms with Gasteiger partial charge in [0.25, 0.3) is 5.91 Å². The molecule has 1 aromatic rings. The number of aliphatic hydroxyl groups excluding tert-OH is 1. The zero-order chi connectivity index (χ0) is 15.9. The van der Waals surface area contributed by atoms with Crippen LogP contribution in [0.15, 0.2) is 18.3 Å². The maximum Gasteiger partial charge on any atom is 0.330 e. The Balaban J connectivity index is 1.90. The number of esters is 1. The number of hydrogen-bond donors (Lipinski definition) is 2. The second-order valence-corrected chi connectivity index (χ2v) is 5.13. The van der Waals surface area contributed by atoms with Crippen molar-refractivity contribution in [3.63, 3.8) is 0 Å². The number of amides is 1. The van der Waals surface area contributed by atoms with Crippen LogP contribution in [0.1, 0.15) is 41.2 Å². The summed E-state index contributed by atoms with van der Waals surface area (Å²) in [4.78, 5) is 23.1. The van der Waals surface area contributed by atoms with Crippen LogP contribution in [0.2, 0.25) is 0 Å². The highest BCUT2D eigenvalue weighted by atomic mass is 16.5. The van der Waals surface area contributed by atoms with Gasteiger partial charge in [0.1, 0.15) is 0 Å². The molecular formula is C15H21N3O4. The molecule has 1 aliphatic rings. The van der Waals surface area contributed by atoms with Gasteiger partial charge in [0, 0.05) is 18.5 Å². The van der Waals surface area contributed by atoms with Gasteiger partial charge in [0.2, 0.25) is 0 Å².